The van der Waals surface area contributed by atoms with Crippen LogP contribution >= 0.6 is 0 Å². The summed E-state index contributed by atoms with van der Waals surface area (Å²) in [6.45, 7) is 3.22. The van der Waals surface area contributed by atoms with E-state index >= 15 is 0 Å². The van der Waals surface area contributed by atoms with Gasteiger partial charge in [-0.1, -0.05) is 30.3 Å². The highest BCUT2D eigenvalue weighted by atomic mass is 16.6. The van der Waals surface area contributed by atoms with Crippen molar-refractivity contribution in [1.29, 1.82) is 5.26 Å². The predicted molar refractivity (Wildman–Crippen MR) is 89.8 cm³/mol. The second-order valence-corrected chi connectivity index (χ2v) is 5.82. The molecule has 0 saturated carbocycles. The first-order chi connectivity index (χ1) is 11.6. The monoisotopic (exact) mass is 323 g/mol. The molecule has 1 heterocycles. The molecule has 2 unspecified atom stereocenters. The number of nitriles is 1. The molecule has 0 spiro atoms. The van der Waals surface area contributed by atoms with Crippen LogP contribution in [0.15, 0.2) is 48.5 Å². The van der Waals surface area contributed by atoms with E-state index in [0.717, 1.165) is 5.56 Å². The number of morpholine rings is 1. The van der Waals surface area contributed by atoms with Gasteiger partial charge < -0.3 is 9.64 Å². The first-order valence-electron chi connectivity index (χ1n) is 7.72. The van der Waals surface area contributed by atoms with Gasteiger partial charge in [-0.3, -0.25) is 10.1 Å². The third-order valence-corrected chi connectivity index (χ3v) is 4.08. The van der Waals surface area contributed by atoms with E-state index < -0.39 is 4.92 Å². The average Bonchev–Trinajstić information content (AvgIpc) is 2.61. The van der Waals surface area contributed by atoms with Gasteiger partial charge in [0.05, 0.1) is 22.3 Å². The quantitative estimate of drug-likeness (QED) is 0.638. The summed E-state index contributed by atoms with van der Waals surface area (Å²) < 4.78 is 6.03. The third-order valence-electron chi connectivity index (χ3n) is 4.08. The lowest BCUT2D eigenvalue weighted by molar-refractivity contribution is -0.384. The first-order valence-corrected chi connectivity index (χ1v) is 7.72. The Hall–Kier alpha value is -2.91. The predicted octanol–water partition coefficient (Wildman–Crippen LogP) is 3.43. The highest BCUT2D eigenvalue weighted by Gasteiger charge is 2.28. The van der Waals surface area contributed by atoms with Crippen LogP contribution in [0, 0.1) is 21.4 Å². The molecule has 0 amide bonds. The molecule has 1 saturated heterocycles. The van der Waals surface area contributed by atoms with Crippen LogP contribution in [0.1, 0.15) is 24.2 Å². The van der Waals surface area contributed by atoms with Crippen LogP contribution in [0.25, 0.3) is 0 Å². The average molecular weight is 323 g/mol. The van der Waals surface area contributed by atoms with Crippen LogP contribution < -0.4 is 4.90 Å². The topological polar surface area (TPSA) is 79.4 Å². The van der Waals surface area contributed by atoms with Crippen LogP contribution in [0.3, 0.4) is 0 Å². The van der Waals surface area contributed by atoms with Crippen molar-refractivity contribution < 1.29 is 9.66 Å². The fraction of sp³-hybridized carbons (Fsp3) is 0.278. The van der Waals surface area contributed by atoms with E-state index in [1.807, 2.05) is 37.3 Å². The molecule has 2 atom stereocenters. The van der Waals surface area contributed by atoms with Gasteiger partial charge in [0.1, 0.15) is 12.2 Å². The maximum atomic E-state index is 10.9. The Kier molecular flexibility index (Phi) is 4.45. The van der Waals surface area contributed by atoms with E-state index in [9.17, 15) is 15.4 Å². The molecule has 3 rings (SSSR count). The first kappa shape index (κ1) is 16.0. The summed E-state index contributed by atoms with van der Waals surface area (Å²) in [5, 5.41) is 20.3. The molecule has 24 heavy (non-hydrogen) atoms. The minimum Gasteiger partial charge on any atom is -0.367 e. The summed E-state index contributed by atoms with van der Waals surface area (Å²) in [7, 11) is 0. The molecular formula is C18H17N3O3. The Labute approximate surface area is 140 Å². The third kappa shape index (κ3) is 3.21. The van der Waals surface area contributed by atoms with Crippen LogP contribution in [0.2, 0.25) is 0 Å². The molecule has 0 aromatic heterocycles. The molecule has 0 aliphatic carbocycles. The summed E-state index contributed by atoms with van der Waals surface area (Å²) in [5.74, 6) is 0. The molecule has 1 aliphatic heterocycles. The van der Waals surface area contributed by atoms with Gasteiger partial charge in [0.15, 0.2) is 0 Å². The maximum Gasteiger partial charge on any atom is 0.270 e. The number of nitro groups is 1. The Morgan fingerprint density at radius 2 is 2.00 bits per heavy atom. The fourth-order valence-corrected chi connectivity index (χ4v) is 3.00. The summed E-state index contributed by atoms with van der Waals surface area (Å²) >= 11 is 0. The number of hydrogen-bond acceptors (Lipinski definition) is 5. The van der Waals surface area contributed by atoms with Crippen molar-refractivity contribution in [2.45, 2.75) is 19.1 Å². The van der Waals surface area contributed by atoms with E-state index in [1.165, 1.54) is 12.1 Å². The lowest BCUT2D eigenvalue weighted by atomic mass is 10.0. The minimum atomic E-state index is -0.487. The second kappa shape index (κ2) is 6.69. The van der Waals surface area contributed by atoms with Crippen molar-refractivity contribution in [3.05, 3.63) is 69.8 Å². The molecule has 6 nitrogen and oxygen atoms in total. The van der Waals surface area contributed by atoms with E-state index in [4.69, 9.17) is 4.74 Å². The summed E-state index contributed by atoms with van der Waals surface area (Å²) in [5.41, 5.74) is 2.02. The number of anilines is 1. The molecule has 1 fully saturated rings. The number of ether oxygens (including phenoxy) is 1. The lowest BCUT2D eigenvalue weighted by Crippen LogP contribution is -2.43. The van der Waals surface area contributed by atoms with Crippen LogP contribution in [-0.4, -0.2) is 24.1 Å². The molecular weight excluding hydrogens is 306 g/mol. The summed E-state index contributed by atoms with van der Waals surface area (Å²) in [6.07, 6.45) is -0.109. The van der Waals surface area contributed by atoms with Gasteiger partial charge in [-0.25, -0.2) is 0 Å². The number of non-ortho nitro benzene ring substituents is 1. The van der Waals surface area contributed by atoms with Crippen LogP contribution in [0.5, 0.6) is 0 Å². The smallest absolute Gasteiger partial charge is 0.270 e. The van der Waals surface area contributed by atoms with Crippen molar-refractivity contribution in [2.75, 3.05) is 18.0 Å². The van der Waals surface area contributed by atoms with E-state index in [-0.39, 0.29) is 17.9 Å². The normalized spacial score (nSPS) is 20.4. The minimum absolute atomic E-state index is 0.00862. The van der Waals surface area contributed by atoms with E-state index in [0.29, 0.717) is 24.3 Å². The zero-order valence-corrected chi connectivity index (χ0v) is 13.3. The molecule has 0 radical (unpaired) electrons. The number of nitro benzene ring substituents is 1. The van der Waals surface area contributed by atoms with Gasteiger partial charge in [0, 0.05) is 25.2 Å². The number of nitrogens with zero attached hydrogens (tertiary/aromatic N) is 3. The fourth-order valence-electron chi connectivity index (χ4n) is 3.00. The highest BCUT2D eigenvalue weighted by Crippen LogP contribution is 2.31. The largest absolute Gasteiger partial charge is 0.367 e. The van der Waals surface area contributed by atoms with Gasteiger partial charge in [0.2, 0.25) is 0 Å². The molecule has 0 bridgehead atoms. The van der Waals surface area contributed by atoms with E-state index in [1.54, 1.807) is 6.07 Å². The number of hydrogen-bond donors (Lipinski definition) is 0. The molecule has 2 aromatic carbocycles. The zero-order valence-electron chi connectivity index (χ0n) is 13.3. The summed E-state index contributed by atoms with van der Waals surface area (Å²) in [4.78, 5) is 12.5. The van der Waals surface area contributed by atoms with Crippen molar-refractivity contribution >= 4 is 11.4 Å². The highest BCUT2D eigenvalue weighted by molar-refractivity contribution is 5.63. The van der Waals surface area contributed by atoms with Crippen molar-refractivity contribution in [3.63, 3.8) is 0 Å². The molecule has 122 valence electrons. The Balaban J connectivity index is 1.91. The Morgan fingerprint density at radius 3 is 2.67 bits per heavy atom. The van der Waals surface area contributed by atoms with Crippen molar-refractivity contribution in [3.8, 4) is 6.07 Å². The number of rotatable bonds is 3. The summed E-state index contributed by atoms with van der Waals surface area (Å²) in [6, 6.07) is 16.4. The van der Waals surface area contributed by atoms with Gasteiger partial charge in [0.25, 0.3) is 5.69 Å². The van der Waals surface area contributed by atoms with Crippen molar-refractivity contribution in [1.82, 2.24) is 0 Å². The lowest BCUT2D eigenvalue weighted by Gasteiger charge is -2.38. The molecule has 6 heteroatoms. The standard InChI is InChI=1S/C18H17N3O3/c1-13-11-20(12-18(24-13)14-5-3-2-4-6-14)17-8-7-16(21(22)23)9-15(17)10-19/h2-9,13,18H,11-12H2,1H3. The van der Waals surface area contributed by atoms with Crippen LogP contribution in [-0.2, 0) is 4.74 Å². The molecule has 0 N–H and O–H groups in total. The van der Waals surface area contributed by atoms with Gasteiger partial charge >= 0.3 is 0 Å². The second-order valence-electron chi connectivity index (χ2n) is 5.82. The van der Waals surface area contributed by atoms with Gasteiger partial charge in [-0.05, 0) is 18.6 Å². The van der Waals surface area contributed by atoms with Crippen molar-refractivity contribution in [2.24, 2.45) is 0 Å². The Bertz CT molecular complexity index is 786. The Morgan fingerprint density at radius 1 is 1.25 bits per heavy atom. The van der Waals surface area contributed by atoms with Gasteiger partial charge in [-0.15, -0.1) is 0 Å². The molecule has 1 aliphatic rings. The van der Waals surface area contributed by atoms with Crippen LogP contribution in [0.4, 0.5) is 11.4 Å². The van der Waals surface area contributed by atoms with Gasteiger partial charge in [-0.2, -0.15) is 5.26 Å². The SMILES string of the molecule is CC1CN(c2ccc([N+](=O)[O-])cc2C#N)CC(c2ccccc2)O1. The maximum absolute atomic E-state index is 10.9. The van der Waals surface area contributed by atoms with E-state index in [2.05, 4.69) is 11.0 Å². The zero-order chi connectivity index (χ0) is 17.1. The number of benzene rings is 2. The molecule has 2 aromatic rings.